The van der Waals surface area contributed by atoms with Gasteiger partial charge in [-0.1, -0.05) is 38.6 Å². The largest absolute Gasteiger partial charge is 0.514 e. The predicted octanol–water partition coefficient (Wildman–Crippen LogP) is 3.30. The summed E-state index contributed by atoms with van der Waals surface area (Å²) in [4.78, 5) is 85.8. The summed E-state index contributed by atoms with van der Waals surface area (Å²) in [6.07, 6.45) is 5.39. The van der Waals surface area contributed by atoms with E-state index >= 15 is 0 Å². The number of nitro benzene ring substituents is 1. The van der Waals surface area contributed by atoms with Crippen molar-refractivity contribution in [2.45, 2.75) is 71.2 Å². The third-order valence-corrected chi connectivity index (χ3v) is 6.97. The summed E-state index contributed by atoms with van der Waals surface area (Å²) in [7, 11) is 0. The van der Waals surface area contributed by atoms with Crippen molar-refractivity contribution in [1.29, 1.82) is 0 Å². The van der Waals surface area contributed by atoms with Crippen LogP contribution in [0.25, 0.3) is 0 Å². The molecular weight excluding hydrogens is 666 g/mol. The Morgan fingerprint density at radius 2 is 1.57 bits per heavy atom. The highest BCUT2D eigenvalue weighted by atomic mass is 16.7. The van der Waals surface area contributed by atoms with Gasteiger partial charge in [-0.05, 0) is 49.1 Å². The van der Waals surface area contributed by atoms with E-state index in [9.17, 15) is 38.9 Å². The van der Waals surface area contributed by atoms with Crippen molar-refractivity contribution in [1.82, 2.24) is 16.0 Å². The van der Waals surface area contributed by atoms with Gasteiger partial charge in [-0.3, -0.25) is 34.1 Å². The summed E-state index contributed by atoms with van der Waals surface area (Å²) < 4.78 is 15.0. The zero-order valence-electron chi connectivity index (χ0n) is 28.5. The molecule has 51 heavy (non-hydrogen) atoms. The Hall–Kier alpha value is -6.24. The molecule has 4 amide bonds. The van der Waals surface area contributed by atoms with Crippen LogP contribution in [-0.4, -0.2) is 65.4 Å². The molecule has 0 radical (unpaired) electrons. The lowest BCUT2D eigenvalue weighted by Crippen LogP contribution is -2.57. The van der Waals surface area contributed by atoms with E-state index in [0.717, 1.165) is 0 Å². The molecule has 4 N–H and O–H groups in total. The second kappa shape index (κ2) is 21.0. The van der Waals surface area contributed by atoms with Crippen molar-refractivity contribution in [2.75, 3.05) is 11.9 Å². The van der Waals surface area contributed by atoms with Gasteiger partial charge >= 0.3 is 12.1 Å². The molecule has 16 heteroatoms. The average Bonchev–Trinajstić information content (AvgIpc) is 3.09. The van der Waals surface area contributed by atoms with Gasteiger partial charge in [0.25, 0.3) is 5.69 Å². The van der Waals surface area contributed by atoms with Crippen LogP contribution in [-0.2, 0) is 40.1 Å². The summed E-state index contributed by atoms with van der Waals surface area (Å²) in [5, 5.41) is 21.1. The molecule has 0 saturated heterocycles. The summed E-state index contributed by atoms with van der Waals surface area (Å²) >= 11 is 0. The van der Waals surface area contributed by atoms with Crippen molar-refractivity contribution < 1.29 is 47.9 Å². The molecule has 2 rings (SSSR count). The van der Waals surface area contributed by atoms with Crippen molar-refractivity contribution in [3.8, 4) is 18.1 Å². The summed E-state index contributed by atoms with van der Waals surface area (Å²) in [6.45, 7) is 8.11. The molecule has 0 fully saturated rings. The van der Waals surface area contributed by atoms with Crippen LogP contribution in [0.4, 0.5) is 16.2 Å². The number of nitrogens with one attached hydrogen (secondary N) is 4. The number of hydrogen-bond acceptors (Lipinski definition) is 11. The first kappa shape index (κ1) is 40.9. The van der Waals surface area contributed by atoms with Crippen molar-refractivity contribution in [2.24, 2.45) is 5.92 Å². The fourth-order valence-corrected chi connectivity index (χ4v) is 4.20. The Labute approximate surface area is 294 Å². The molecule has 1 unspecified atom stereocenters. The maximum absolute atomic E-state index is 13.2. The quantitative estimate of drug-likeness (QED) is 0.0414. The third-order valence-electron chi connectivity index (χ3n) is 6.97. The molecule has 0 saturated carbocycles. The molecule has 0 aromatic heterocycles. The Balaban J connectivity index is 1.94. The number of benzene rings is 2. The van der Waals surface area contributed by atoms with E-state index in [-0.39, 0.29) is 50.3 Å². The predicted molar refractivity (Wildman–Crippen MR) is 184 cm³/mol. The van der Waals surface area contributed by atoms with Gasteiger partial charge in [0.15, 0.2) is 0 Å². The first-order valence-electron chi connectivity index (χ1n) is 15.8. The molecule has 0 aliphatic carbocycles. The minimum Gasteiger partial charge on any atom is -0.461 e. The highest BCUT2D eigenvalue weighted by Crippen LogP contribution is 2.18. The lowest BCUT2D eigenvalue weighted by molar-refractivity contribution is -0.384. The molecule has 0 heterocycles. The molecule has 272 valence electrons. The highest BCUT2D eigenvalue weighted by Gasteiger charge is 2.30. The number of amides is 4. The number of hydrogen-bond donors (Lipinski definition) is 4. The van der Waals surface area contributed by atoms with Crippen LogP contribution in [0.3, 0.4) is 0 Å². The highest BCUT2D eigenvalue weighted by molar-refractivity contribution is 5.98. The van der Waals surface area contributed by atoms with Crippen LogP contribution < -0.4 is 26.0 Å². The van der Waals surface area contributed by atoms with Crippen LogP contribution >= 0.6 is 0 Å². The number of nitro groups is 1. The normalized spacial score (nSPS) is 12.1. The standard InChI is InChI=1S/C35H41N5O11/c1-6-8-9-29(41)38-28(18-19-30(42)49-20-7-2)33(44)39-31(22(3)4)34(45)36-23(5)32(43)37-25-12-10-24(11-13-25)21-50-35(46)51-27-16-14-26(15-17-27)40(47)48/h1,7,10-17,22-23,28,31H,2,8-9,18-21H2,3-5H3,(H,36,45)(H,37,43)(H,38,41)(H,39,44)/t23-,28-,31?/m0/s1. The maximum Gasteiger partial charge on any atom is 0.514 e. The summed E-state index contributed by atoms with van der Waals surface area (Å²) in [5.74, 6) is -1.07. The number of rotatable bonds is 19. The number of non-ortho nitro benzene ring substituents is 1. The molecule has 0 spiro atoms. The topological polar surface area (TPSA) is 221 Å². The van der Waals surface area contributed by atoms with Gasteiger partial charge in [-0.2, -0.15) is 0 Å². The zero-order chi connectivity index (χ0) is 37.9. The van der Waals surface area contributed by atoms with E-state index < -0.39 is 64.7 Å². The van der Waals surface area contributed by atoms with Crippen molar-refractivity contribution in [3.63, 3.8) is 0 Å². The SMILES string of the molecule is C#CCCC(=O)N[C@@H](CCC(=O)OCC=C)C(=O)NC(C(=O)N[C@@H](C)C(=O)Nc1ccc(COC(=O)Oc2ccc([N+](=O)[O-])cc2)cc1)C(C)C. The smallest absolute Gasteiger partial charge is 0.461 e. The summed E-state index contributed by atoms with van der Waals surface area (Å²) in [6, 6.07) is 7.85. The van der Waals surface area contributed by atoms with Gasteiger partial charge in [0.2, 0.25) is 23.6 Å². The van der Waals surface area contributed by atoms with Crippen molar-refractivity contribution >= 4 is 47.1 Å². The second-order valence-corrected chi connectivity index (χ2v) is 11.4. The number of carbonyl (C=O) groups is 6. The number of terminal acetylenes is 1. The van der Waals surface area contributed by atoms with E-state index in [1.165, 1.54) is 37.3 Å². The fourth-order valence-electron chi connectivity index (χ4n) is 4.20. The van der Waals surface area contributed by atoms with E-state index in [0.29, 0.717) is 11.3 Å². The maximum atomic E-state index is 13.2. The number of anilines is 1. The molecule has 16 nitrogen and oxygen atoms in total. The molecular formula is C35H41N5O11. The van der Waals surface area contributed by atoms with Gasteiger partial charge in [0.1, 0.15) is 37.1 Å². The second-order valence-electron chi connectivity index (χ2n) is 11.4. The number of nitrogens with zero attached hydrogens (tertiary/aromatic N) is 1. The van der Waals surface area contributed by atoms with Crippen LogP contribution in [0.1, 0.15) is 52.0 Å². The van der Waals surface area contributed by atoms with Gasteiger partial charge in [-0.25, -0.2) is 4.79 Å². The zero-order valence-corrected chi connectivity index (χ0v) is 28.5. The molecule has 2 aromatic carbocycles. The average molecular weight is 708 g/mol. The van der Waals surface area contributed by atoms with Gasteiger partial charge in [0.05, 0.1) is 4.92 Å². The Morgan fingerprint density at radius 1 is 0.902 bits per heavy atom. The van der Waals surface area contributed by atoms with E-state index in [1.807, 2.05) is 0 Å². The Bertz CT molecular complexity index is 1600. The molecule has 0 bridgehead atoms. The van der Waals surface area contributed by atoms with E-state index in [4.69, 9.17) is 20.6 Å². The monoisotopic (exact) mass is 707 g/mol. The first-order chi connectivity index (χ1) is 24.2. The van der Waals surface area contributed by atoms with E-state index in [2.05, 4.69) is 33.8 Å². The lowest BCUT2D eigenvalue weighted by Gasteiger charge is -2.26. The lowest BCUT2D eigenvalue weighted by atomic mass is 10.0. The van der Waals surface area contributed by atoms with Gasteiger partial charge in [-0.15, -0.1) is 12.3 Å². The van der Waals surface area contributed by atoms with Crippen LogP contribution in [0, 0.1) is 28.4 Å². The molecule has 2 aromatic rings. The molecule has 0 aliphatic rings. The van der Waals surface area contributed by atoms with Gasteiger partial charge in [0, 0.05) is 37.1 Å². The minimum absolute atomic E-state index is 0.0148. The number of carbonyl (C=O) groups excluding carboxylic acids is 6. The van der Waals surface area contributed by atoms with Crippen LogP contribution in [0.15, 0.2) is 61.2 Å². The fraction of sp³-hybridized carbons (Fsp3) is 0.371. The number of ether oxygens (including phenoxy) is 3. The Kier molecular flexibility index (Phi) is 16.8. The minimum atomic E-state index is -1.17. The van der Waals surface area contributed by atoms with Crippen molar-refractivity contribution in [3.05, 3.63) is 76.9 Å². The van der Waals surface area contributed by atoms with Gasteiger partial charge < -0.3 is 35.5 Å². The summed E-state index contributed by atoms with van der Waals surface area (Å²) in [5.41, 5.74) is 0.776. The molecule has 0 aliphatic heterocycles. The first-order valence-corrected chi connectivity index (χ1v) is 15.8. The van der Waals surface area contributed by atoms with Crippen LogP contribution in [0.5, 0.6) is 5.75 Å². The van der Waals surface area contributed by atoms with E-state index in [1.54, 1.807) is 38.1 Å². The Morgan fingerprint density at radius 3 is 2.16 bits per heavy atom. The third kappa shape index (κ3) is 14.8. The number of esters is 1. The molecule has 3 atom stereocenters. The van der Waals surface area contributed by atoms with Crippen LogP contribution in [0.2, 0.25) is 0 Å².